The van der Waals surface area contributed by atoms with E-state index in [4.69, 9.17) is 16.3 Å². The van der Waals surface area contributed by atoms with E-state index in [1.807, 2.05) is 6.26 Å². The van der Waals surface area contributed by atoms with E-state index >= 15 is 0 Å². The molecule has 1 aromatic heterocycles. The lowest BCUT2D eigenvalue weighted by Gasteiger charge is -2.10. The van der Waals surface area contributed by atoms with Crippen molar-refractivity contribution in [3.63, 3.8) is 0 Å². The van der Waals surface area contributed by atoms with Gasteiger partial charge in [0.25, 0.3) is 0 Å². The first-order valence-corrected chi connectivity index (χ1v) is 6.80. The predicted octanol–water partition coefficient (Wildman–Crippen LogP) is 2.26. The molecule has 4 nitrogen and oxygen atoms in total. The van der Waals surface area contributed by atoms with Crippen LogP contribution in [0.15, 0.2) is 11.2 Å². The first-order chi connectivity index (χ1) is 7.78. The molecule has 0 aliphatic carbocycles. The molecule has 1 fully saturated rings. The molecule has 7 heteroatoms. The zero-order valence-electron chi connectivity index (χ0n) is 9.48. The van der Waals surface area contributed by atoms with Crippen LogP contribution in [0.5, 0.6) is 5.88 Å². The first-order valence-electron chi connectivity index (χ1n) is 5.20. The number of hydrogen-bond donors (Lipinski definition) is 1. The van der Waals surface area contributed by atoms with E-state index in [0.29, 0.717) is 28.7 Å². The third-order valence-corrected chi connectivity index (χ3v) is 3.20. The zero-order valence-corrected chi connectivity index (χ0v) is 11.9. The summed E-state index contributed by atoms with van der Waals surface area (Å²) in [6, 6.07) is 1.66. The normalized spacial score (nSPS) is 18.8. The molecule has 1 N–H and O–H groups in total. The second kappa shape index (κ2) is 7.26. The van der Waals surface area contributed by atoms with Crippen LogP contribution in [0.4, 0.5) is 0 Å². The molecule has 17 heavy (non-hydrogen) atoms. The van der Waals surface area contributed by atoms with E-state index in [-0.39, 0.29) is 12.4 Å². The van der Waals surface area contributed by atoms with Gasteiger partial charge in [0.05, 0.1) is 6.61 Å². The summed E-state index contributed by atoms with van der Waals surface area (Å²) in [5.74, 6) is 1.14. The van der Waals surface area contributed by atoms with E-state index in [2.05, 4.69) is 15.3 Å². The highest BCUT2D eigenvalue weighted by molar-refractivity contribution is 7.98. The average Bonchev–Trinajstić information content (AvgIpc) is 2.78. The van der Waals surface area contributed by atoms with Gasteiger partial charge >= 0.3 is 0 Å². The van der Waals surface area contributed by atoms with Gasteiger partial charge in [-0.2, -0.15) is 4.98 Å². The number of nitrogens with one attached hydrogen (secondary N) is 1. The lowest BCUT2D eigenvalue weighted by atomic mass is 10.1. The highest BCUT2D eigenvalue weighted by atomic mass is 35.5. The van der Waals surface area contributed by atoms with E-state index in [1.165, 1.54) is 11.8 Å². The fourth-order valence-corrected chi connectivity index (χ4v) is 2.20. The Hall–Kier alpha value is -0.230. The van der Waals surface area contributed by atoms with Gasteiger partial charge in [0, 0.05) is 18.5 Å². The maximum absolute atomic E-state index is 5.87. The van der Waals surface area contributed by atoms with Gasteiger partial charge in [-0.1, -0.05) is 23.4 Å². The molecule has 0 aromatic carbocycles. The van der Waals surface area contributed by atoms with Gasteiger partial charge in [-0.05, 0) is 19.2 Å². The number of ether oxygens (including phenoxy) is 1. The van der Waals surface area contributed by atoms with Gasteiger partial charge in [-0.15, -0.1) is 12.4 Å². The fourth-order valence-electron chi connectivity index (χ4n) is 1.60. The minimum atomic E-state index is 0. The smallest absolute Gasteiger partial charge is 0.218 e. The van der Waals surface area contributed by atoms with Crippen molar-refractivity contribution < 1.29 is 4.74 Å². The Labute approximate surface area is 116 Å². The summed E-state index contributed by atoms with van der Waals surface area (Å²) in [6.07, 6.45) is 3.07. The minimum Gasteiger partial charge on any atom is -0.477 e. The quantitative estimate of drug-likeness (QED) is 0.524. The molecule has 1 unspecified atom stereocenters. The fraction of sp³-hybridized carbons (Fsp3) is 0.600. The molecule has 0 amide bonds. The first kappa shape index (κ1) is 14.8. The Bertz CT molecular complexity index is 361. The molecule has 1 aliphatic rings. The molecule has 0 saturated carbocycles. The van der Waals surface area contributed by atoms with Crippen LogP contribution in [-0.2, 0) is 0 Å². The van der Waals surface area contributed by atoms with E-state index in [1.54, 1.807) is 6.07 Å². The van der Waals surface area contributed by atoms with Crippen LogP contribution in [0.2, 0.25) is 5.15 Å². The van der Waals surface area contributed by atoms with Gasteiger partial charge in [-0.25, -0.2) is 4.98 Å². The second-order valence-electron chi connectivity index (χ2n) is 3.69. The molecule has 96 valence electrons. The monoisotopic (exact) mass is 295 g/mol. The van der Waals surface area contributed by atoms with Crippen molar-refractivity contribution >= 4 is 35.8 Å². The van der Waals surface area contributed by atoms with Crippen LogP contribution in [0.1, 0.15) is 6.42 Å². The average molecular weight is 296 g/mol. The molecule has 2 heterocycles. The molecule has 2 rings (SSSR count). The minimum absolute atomic E-state index is 0. The Morgan fingerprint density at radius 3 is 3.06 bits per heavy atom. The van der Waals surface area contributed by atoms with Crippen LogP contribution < -0.4 is 10.1 Å². The third kappa shape index (κ3) is 4.50. The van der Waals surface area contributed by atoms with Gasteiger partial charge in [0.2, 0.25) is 5.88 Å². The second-order valence-corrected chi connectivity index (χ2v) is 4.85. The number of thioether (sulfide) groups is 1. The Morgan fingerprint density at radius 1 is 1.59 bits per heavy atom. The number of aromatic nitrogens is 2. The van der Waals surface area contributed by atoms with Crippen LogP contribution in [0, 0.1) is 5.92 Å². The molecule has 0 bridgehead atoms. The van der Waals surface area contributed by atoms with Gasteiger partial charge in [0.15, 0.2) is 5.16 Å². The van der Waals surface area contributed by atoms with Crippen LogP contribution in [-0.4, -0.2) is 35.9 Å². The summed E-state index contributed by atoms with van der Waals surface area (Å²) < 4.78 is 5.62. The van der Waals surface area contributed by atoms with E-state index in [9.17, 15) is 0 Å². The van der Waals surface area contributed by atoms with Crippen molar-refractivity contribution in [2.24, 2.45) is 5.92 Å². The molecule has 0 radical (unpaired) electrons. The summed E-state index contributed by atoms with van der Waals surface area (Å²) in [7, 11) is 0. The largest absolute Gasteiger partial charge is 0.477 e. The highest BCUT2D eigenvalue weighted by Crippen LogP contribution is 2.19. The standard InChI is InChI=1S/C10H14ClN3OS.ClH/c1-16-10-13-8(11)4-9(14-10)15-6-7-2-3-12-5-7;/h4,7,12H,2-3,5-6H2,1H3;1H. The topological polar surface area (TPSA) is 47.0 Å². The van der Waals surface area contributed by atoms with Crippen molar-refractivity contribution in [1.82, 2.24) is 15.3 Å². The van der Waals surface area contributed by atoms with Gasteiger partial charge in [0.1, 0.15) is 5.15 Å². The SMILES string of the molecule is CSc1nc(Cl)cc(OCC2CCNC2)n1.Cl. The van der Waals surface area contributed by atoms with Crippen molar-refractivity contribution in [3.8, 4) is 5.88 Å². The molecular formula is C10H15Cl2N3OS. The summed E-state index contributed by atoms with van der Waals surface area (Å²) >= 11 is 7.32. The van der Waals surface area contributed by atoms with Gasteiger partial charge < -0.3 is 10.1 Å². The van der Waals surface area contributed by atoms with E-state index < -0.39 is 0 Å². The lowest BCUT2D eigenvalue weighted by molar-refractivity contribution is 0.249. The molecule has 1 aliphatic heterocycles. The summed E-state index contributed by atoms with van der Waals surface area (Å²) in [5.41, 5.74) is 0. The summed E-state index contributed by atoms with van der Waals surface area (Å²) in [5, 5.41) is 4.37. The number of hydrogen-bond acceptors (Lipinski definition) is 5. The molecule has 0 spiro atoms. The van der Waals surface area contributed by atoms with Crippen molar-refractivity contribution in [3.05, 3.63) is 11.2 Å². The number of halogens is 2. The maximum Gasteiger partial charge on any atom is 0.218 e. The number of rotatable bonds is 4. The Morgan fingerprint density at radius 2 is 2.41 bits per heavy atom. The zero-order chi connectivity index (χ0) is 11.4. The van der Waals surface area contributed by atoms with Crippen molar-refractivity contribution in [2.45, 2.75) is 11.6 Å². The van der Waals surface area contributed by atoms with Gasteiger partial charge in [-0.3, -0.25) is 0 Å². The lowest BCUT2D eigenvalue weighted by Crippen LogP contribution is -2.16. The van der Waals surface area contributed by atoms with Crippen LogP contribution in [0.3, 0.4) is 0 Å². The van der Waals surface area contributed by atoms with Crippen LogP contribution >= 0.6 is 35.8 Å². The van der Waals surface area contributed by atoms with E-state index in [0.717, 1.165) is 19.5 Å². The Kier molecular flexibility index (Phi) is 6.33. The Balaban J connectivity index is 0.00000144. The molecule has 1 atom stereocenters. The predicted molar refractivity (Wildman–Crippen MR) is 72.5 cm³/mol. The maximum atomic E-state index is 5.87. The highest BCUT2D eigenvalue weighted by Gasteiger charge is 2.15. The summed E-state index contributed by atoms with van der Waals surface area (Å²) in [4.78, 5) is 8.29. The molecular weight excluding hydrogens is 281 g/mol. The molecule has 1 aromatic rings. The summed E-state index contributed by atoms with van der Waals surface area (Å²) in [6.45, 7) is 2.79. The third-order valence-electron chi connectivity index (χ3n) is 2.46. The van der Waals surface area contributed by atoms with Crippen LogP contribution in [0.25, 0.3) is 0 Å². The van der Waals surface area contributed by atoms with Crippen molar-refractivity contribution in [1.29, 1.82) is 0 Å². The number of nitrogens with zero attached hydrogens (tertiary/aromatic N) is 2. The van der Waals surface area contributed by atoms with Crippen molar-refractivity contribution in [2.75, 3.05) is 26.0 Å². The molecule has 1 saturated heterocycles.